The lowest BCUT2D eigenvalue weighted by Gasteiger charge is -2.35. The highest BCUT2D eigenvalue weighted by molar-refractivity contribution is 9.10. The van der Waals surface area contributed by atoms with Crippen LogP contribution < -0.4 is 15.0 Å². The number of piperazine rings is 1. The van der Waals surface area contributed by atoms with Crippen molar-refractivity contribution in [1.82, 2.24) is 4.31 Å². The fourth-order valence-electron chi connectivity index (χ4n) is 4.22. The maximum Gasteiger partial charge on any atom is 0.416 e. The second kappa shape index (κ2) is 11.5. The zero-order valence-electron chi connectivity index (χ0n) is 20.9. The molecule has 9 nitrogen and oxygen atoms in total. The van der Waals surface area contributed by atoms with Crippen molar-refractivity contribution in [1.29, 1.82) is 0 Å². The van der Waals surface area contributed by atoms with Gasteiger partial charge in [-0.3, -0.25) is 4.79 Å². The molecular weight excluding hydrogens is 619 g/mol. The molecule has 0 saturated carbocycles. The molecule has 212 valence electrons. The van der Waals surface area contributed by atoms with Crippen molar-refractivity contribution in [2.75, 3.05) is 43.5 Å². The quantitative estimate of drug-likeness (QED) is 0.375. The summed E-state index contributed by atoms with van der Waals surface area (Å²) in [5.74, 6) is -2.01. The molecule has 0 aliphatic carbocycles. The van der Waals surface area contributed by atoms with E-state index in [2.05, 4.69) is 21.2 Å². The highest BCUT2D eigenvalue weighted by Crippen LogP contribution is 2.33. The van der Waals surface area contributed by atoms with Crippen molar-refractivity contribution < 1.29 is 41.0 Å². The molecule has 40 heavy (non-hydrogen) atoms. The third-order valence-corrected chi connectivity index (χ3v) is 8.69. The van der Waals surface area contributed by atoms with Gasteiger partial charge in [0.25, 0.3) is 5.91 Å². The van der Waals surface area contributed by atoms with Gasteiger partial charge in [-0.15, -0.1) is 0 Å². The Labute approximate surface area is 236 Å². The van der Waals surface area contributed by atoms with Crippen molar-refractivity contribution in [3.63, 3.8) is 0 Å². The zero-order valence-corrected chi connectivity index (χ0v) is 23.3. The number of nitrogens with zero attached hydrogens (tertiary/aromatic N) is 2. The number of carbonyl (C=O) groups is 2. The van der Waals surface area contributed by atoms with Gasteiger partial charge in [-0.05, 0) is 54.6 Å². The molecule has 0 atom stereocenters. The van der Waals surface area contributed by atoms with Crippen LogP contribution in [0.15, 0.2) is 70.0 Å². The van der Waals surface area contributed by atoms with E-state index in [1.165, 1.54) is 47.8 Å². The average Bonchev–Trinajstić information content (AvgIpc) is 2.93. The molecule has 1 heterocycles. The summed E-state index contributed by atoms with van der Waals surface area (Å²) in [5.41, 5.74) is -0.661. The van der Waals surface area contributed by atoms with E-state index in [0.29, 0.717) is 10.2 Å². The first kappa shape index (κ1) is 29.4. The van der Waals surface area contributed by atoms with E-state index in [-0.39, 0.29) is 53.6 Å². The number of carbonyl (C=O) groups excluding carboxylic acids is 1. The number of carboxylic acids is 1. The van der Waals surface area contributed by atoms with E-state index in [9.17, 15) is 36.3 Å². The Morgan fingerprint density at radius 2 is 1.70 bits per heavy atom. The predicted octanol–water partition coefficient (Wildman–Crippen LogP) is 4.94. The minimum absolute atomic E-state index is 0.00766. The molecule has 0 spiro atoms. The highest BCUT2D eigenvalue weighted by Gasteiger charge is 2.34. The third kappa shape index (κ3) is 6.24. The van der Waals surface area contributed by atoms with Gasteiger partial charge in [0.05, 0.1) is 23.9 Å². The Bertz CT molecular complexity index is 1560. The van der Waals surface area contributed by atoms with Crippen LogP contribution in [0.5, 0.6) is 5.75 Å². The summed E-state index contributed by atoms with van der Waals surface area (Å²) in [6, 6.07) is 12.9. The Morgan fingerprint density at radius 3 is 2.33 bits per heavy atom. The lowest BCUT2D eigenvalue weighted by atomic mass is 10.1. The summed E-state index contributed by atoms with van der Waals surface area (Å²) in [7, 11) is -2.90. The van der Waals surface area contributed by atoms with Crippen molar-refractivity contribution in [2.45, 2.75) is 11.1 Å². The number of methoxy groups -OCH3 is 1. The van der Waals surface area contributed by atoms with E-state index < -0.39 is 33.6 Å². The number of sulfonamides is 1. The van der Waals surface area contributed by atoms with Crippen molar-refractivity contribution in [3.05, 3.63) is 81.8 Å². The number of anilines is 2. The van der Waals surface area contributed by atoms with Gasteiger partial charge < -0.3 is 20.1 Å². The van der Waals surface area contributed by atoms with E-state index in [1.807, 2.05) is 0 Å². The number of benzene rings is 3. The number of rotatable bonds is 7. The van der Waals surface area contributed by atoms with Gasteiger partial charge >= 0.3 is 12.1 Å². The molecule has 0 radical (unpaired) electrons. The first-order chi connectivity index (χ1) is 18.8. The number of hydrogen-bond donors (Lipinski definition) is 2. The molecule has 1 aliphatic heterocycles. The van der Waals surface area contributed by atoms with E-state index in [4.69, 9.17) is 4.74 Å². The molecule has 2 N–H and O–H groups in total. The summed E-state index contributed by atoms with van der Waals surface area (Å²) >= 11 is 3.18. The molecule has 1 aliphatic rings. The van der Waals surface area contributed by atoms with Gasteiger partial charge in [0.2, 0.25) is 10.0 Å². The fourth-order valence-corrected chi connectivity index (χ4v) is 6.19. The molecular formula is C26H23BrF3N3O6S. The van der Waals surface area contributed by atoms with E-state index in [0.717, 1.165) is 18.2 Å². The minimum atomic E-state index is -4.50. The minimum Gasteiger partial charge on any atom is -0.495 e. The molecule has 1 fully saturated rings. The van der Waals surface area contributed by atoms with Gasteiger partial charge in [0, 0.05) is 41.9 Å². The van der Waals surface area contributed by atoms with Crippen molar-refractivity contribution in [3.8, 4) is 5.75 Å². The Hall–Kier alpha value is -3.62. The lowest BCUT2D eigenvalue weighted by Crippen LogP contribution is -2.48. The monoisotopic (exact) mass is 641 g/mol. The molecule has 14 heteroatoms. The lowest BCUT2D eigenvalue weighted by molar-refractivity contribution is -0.137. The number of alkyl halides is 3. The highest BCUT2D eigenvalue weighted by atomic mass is 79.9. The third-order valence-electron chi connectivity index (χ3n) is 6.28. The normalized spacial score (nSPS) is 14.6. The summed E-state index contributed by atoms with van der Waals surface area (Å²) in [5, 5.41) is 11.9. The zero-order chi connectivity index (χ0) is 29.2. The van der Waals surface area contributed by atoms with Crippen LogP contribution in [0.2, 0.25) is 0 Å². The molecule has 0 unspecified atom stereocenters. The number of amides is 1. The molecule has 1 amide bonds. The van der Waals surface area contributed by atoms with Gasteiger partial charge in [-0.25, -0.2) is 13.2 Å². The Balaban J connectivity index is 1.55. The first-order valence-electron chi connectivity index (χ1n) is 11.8. The average molecular weight is 642 g/mol. The number of aromatic carboxylic acids is 1. The van der Waals surface area contributed by atoms with Crippen LogP contribution in [0.1, 0.15) is 26.3 Å². The van der Waals surface area contributed by atoms with E-state index >= 15 is 0 Å². The van der Waals surface area contributed by atoms with Crippen molar-refractivity contribution in [2.24, 2.45) is 0 Å². The number of halogens is 4. The van der Waals surface area contributed by atoms with Crippen LogP contribution in [-0.4, -0.2) is 63.0 Å². The Morgan fingerprint density at radius 1 is 1.00 bits per heavy atom. The molecule has 3 aromatic carbocycles. The molecule has 3 aromatic rings. The topological polar surface area (TPSA) is 116 Å². The summed E-state index contributed by atoms with van der Waals surface area (Å²) in [6.45, 7) is 0.257. The smallest absolute Gasteiger partial charge is 0.416 e. The fraction of sp³-hybridized carbons (Fsp3) is 0.231. The predicted molar refractivity (Wildman–Crippen MR) is 144 cm³/mol. The summed E-state index contributed by atoms with van der Waals surface area (Å²) < 4.78 is 73.4. The van der Waals surface area contributed by atoms with Gasteiger partial charge in [0.1, 0.15) is 10.6 Å². The standard InChI is InChI=1S/C26H23BrF3N3O6S/c1-39-22-8-5-16(24(34)31-21-7-6-18(27)15-20(21)25(35)36)13-23(22)40(37,38)33-11-9-32(10-12-33)19-4-2-3-17(14-19)26(28,29)30/h2-8,13-15H,9-12H2,1H3,(H,31,34)(H,35,36). The molecule has 0 aromatic heterocycles. The first-order valence-corrected chi connectivity index (χ1v) is 14.0. The van der Waals surface area contributed by atoms with Crippen LogP contribution >= 0.6 is 15.9 Å². The second-order valence-electron chi connectivity index (χ2n) is 8.75. The van der Waals surface area contributed by atoms with Gasteiger partial charge in [-0.1, -0.05) is 22.0 Å². The summed E-state index contributed by atoms with van der Waals surface area (Å²) in [6.07, 6.45) is -4.50. The number of ether oxygens (including phenoxy) is 1. The maximum absolute atomic E-state index is 13.6. The maximum atomic E-state index is 13.6. The number of hydrogen-bond acceptors (Lipinski definition) is 6. The van der Waals surface area contributed by atoms with Crippen LogP contribution in [0.25, 0.3) is 0 Å². The van der Waals surface area contributed by atoms with Gasteiger partial charge in [0.15, 0.2) is 0 Å². The molecule has 0 bridgehead atoms. The van der Waals surface area contributed by atoms with Crippen LogP contribution in [-0.2, 0) is 16.2 Å². The number of nitrogens with one attached hydrogen (secondary N) is 1. The SMILES string of the molecule is COc1ccc(C(=O)Nc2ccc(Br)cc2C(=O)O)cc1S(=O)(=O)N1CCN(c2cccc(C(F)(F)F)c2)CC1. The molecule has 1 saturated heterocycles. The Kier molecular flexibility index (Phi) is 8.42. The van der Waals surface area contributed by atoms with Crippen LogP contribution in [0, 0.1) is 0 Å². The molecule has 4 rings (SSSR count). The van der Waals surface area contributed by atoms with Crippen LogP contribution in [0.4, 0.5) is 24.5 Å². The van der Waals surface area contributed by atoms with Crippen LogP contribution in [0.3, 0.4) is 0 Å². The summed E-state index contributed by atoms with van der Waals surface area (Å²) in [4.78, 5) is 26.0. The largest absolute Gasteiger partial charge is 0.495 e. The van der Waals surface area contributed by atoms with Gasteiger partial charge in [-0.2, -0.15) is 17.5 Å². The van der Waals surface area contributed by atoms with Crippen molar-refractivity contribution >= 4 is 49.2 Å². The van der Waals surface area contributed by atoms with E-state index in [1.54, 1.807) is 11.0 Å². The second-order valence-corrected chi connectivity index (χ2v) is 11.6. The number of carboxylic acid groups (broad SMARTS) is 1.